The lowest BCUT2D eigenvalue weighted by Crippen LogP contribution is -2.27. The minimum Gasteiger partial charge on any atom is -0.495 e. The Morgan fingerprint density at radius 2 is 1.71 bits per heavy atom. The van der Waals surface area contributed by atoms with Crippen LogP contribution in [0.4, 0.5) is 17.1 Å². The van der Waals surface area contributed by atoms with Gasteiger partial charge in [0.2, 0.25) is 5.75 Å². The first kappa shape index (κ1) is 26.6. The van der Waals surface area contributed by atoms with E-state index < -0.39 is 21.2 Å². The average Bonchev–Trinajstić information content (AvgIpc) is 3.17. The molecule has 0 atom stereocenters. The molecule has 13 heteroatoms. The standard InChI is InChI=1S/C25H19N3O8S2/c1-3-35-22-12-15(8-10-21(22)36-20-11-9-16(27(30)31)14-18(20)28(32)33)13-23-24(29)26(25(37)38-23)17-6-4-5-7-19(17)34-2/h4-14H,3H2,1-2H3/b23-13+. The fourth-order valence-corrected chi connectivity index (χ4v) is 4.86. The van der Waals surface area contributed by atoms with E-state index in [4.69, 9.17) is 26.4 Å². The van der Waals surface area contributed by atoms with E-state index >= 15 is 0 Å². The lowest BCUT2D eigenvalue weighted by atomic mass is 10.1. The highest BCUT2D eigenvalue weighted by atomic mass is 32.2. The molecule has 194 valence electrons. The van der Waals surface area contributed by atoms with Crippen LogP contribution >= 0.6 is 24.0 Å². The number of amides is 1. The molecule has 0 unspecified atom stereocenters. The fourth-order valence-electron chi connectivity index (χ4n) is 3.58. The van der Waals surface area contributed by atoms with Crippen LogP contribution in [0.15, 0.2) is 65.6 Å². The summed E-state index contributed by atoms with van der Waals surface area (Å²) in [6.07, 6.45) is 1.65. The monoisotopic (exact) mass is 553 g/mol. The summed E-state index contributed by atoms with van der Waals surface area (Å²) in [4.78, 5) is 36.0. The molecule has 1 heterocycles. The number of para-hydroxylation sites is 2. The second-order valence-corrected chi connectivity index (χ2v) is 9.27. The third kappa shape index (κ3) is 5.43. The second-order valence-electron chi connectivity index (χ2n) is 7.60. The molecule has 0 radical (unpaired) electrons. The predicted octanol–water partition coefficient (Wildman–Crippen LogP) is 6.11. The number of nitro benzene ring substituents is 2. The molecule has 38 heavy (non-hydrogen) atoms. The molecular formula is C25H19N3O8S2. The summed E-state index contributed by atoms with van der Waals surface area (Å²) in [6, 6.07) is 14.9. The first-order chi connectivity index (χ1) is 18.2. The van der Waals surface area contributed by atoms with Gasteiger partial charge in [-0.3, -0.25) is 29.9 Å². The molecule has 1 aliphatic heterocycles. The number of carbonyl (C=O) groups excluding carboxylic acids is 1. The Labute approximate surface area is 225 Å². The van der Waals surface area contributed by atoms with Gasteiger partial charge >= 0.3 is 5.69 Å². The number of nitro groups is 2. The Morgan fingerprint density at radius 1 is 0.974 bits per heavy atom. The average molecular weight is 554 g/mol. The molecule has 1 amide bonds. The summed E-state index contributed by atoms with van der Waals surface area (Å²) in [6.45, 7) is 2.02. The highest BCUT2D eigenvalue weighted by molar-refractivity contribution is 8.27. The minimum absolute atomic E-state index is 0.155. The molecule has 3 aromatic rings. The van der Waals surface area contributed by atoms with Gasteiger partial charge in [0.05, 0.1) is 40.2 Å². The van der Waals surface area contributed by atoms with Crippen molar-refractivity contribution >= 4 is 57.3 Å². The zero-order valence-corrected chi connectivity index (χ0v) is 21.6. The third-order valence-corrected chi connectivity index (χ3v) is 6.56. The van der Waals surface area contributed by atoms with Crippen LogP contribution in [-0.4, -0.2) is 33.8 Å². The number of carbonyl (C=O) groups is 1. The molecule has 1 saturated heterocycles. The molecule has 11 nitrogen and oxygen atoms in total. The highest BCUT2D eigenvalue weighted by Gasteiger charge is 2.35. The molecule has 0 aliphatic carbocycles. The Kier molecular flexibility index (Phi) is 7.88. The summed E-state index contributed by atoms with van der Waals surface area (Å²) in [5.74, 6) is 0.415. The minimum atomic E-state index is -0.763. The molecule has 4 rings (SSSR count). The van der Waals surface area contributed by atoms with Crippen molar-refractivity contribution in [2.24, 2.45) is 0 Å². The zero-order valence-electron chi connectivity index (χ0n) is 20.0. The van der Waals surface area contributed by atoms with Crippen molar-refractivity contribution in [3.8, 4) is 23.0 Å². The number of hydrogen-bond donors (Lipinski definition) is 0. The van der Waals surface area contributed by atoms with Gasteiger partial charge in [-0.05, 0) is 48.9 Å². The second kappa shape index (κ2) is 11.3. The van der Waals surface area contributed by atoms with Crippen molar-refractivity contribution < 1.29 is 28.9 Å². The largest absolute Gasteiger partial charge is 0.495 e. The fraction of sp³-hybridized carbons (Fsp3) is 0.120. The lowest BCUT2D eigenvalue weighted by molar-refractivity contribution is -0.394. The number of ether oxygens (including phenoxy) is 3. The molecule has 0 N–H and O–H groups in total. The van der Waals surface area contributed by atoms with Crippen molar-refractivity contribution in [2.45, 2.75) is 6.92 Å². The molecular weight excluding hydrogens is 534 g/mol. The third-order valence-electron chi connectivity index (χ3n) is 5.26. The summed E-state index contributed by atoms with van der Waals surface area (Å²) in [5.41, 5.74) is 0.129. The molecule has 0 aromatic heterocycles. The van der Waals surface area contributed by atoms with E-state index in [1.165, 1.54) is 18.1 Å². The van der Waals surface area contributed by atoms with E-state index in [0.29, 0.717) is 26.2 Å². The maximum atomic E-state index is 13.2. The van der Waals surface area contributed by atoms with Gasteiger partial charge < -0.3 is 14.2 Å². The maximum Gasteiger partial charge on any atom is 0.318 e. The number of non-ortho nitro benzene ring substituents is 1. The summed E-state index contributed by atoms with van der Waals surface area (Å²) >= 11 is 6.59. The summed E-state index contributed by atoms with van der Waals surface area (Å²) in [7, 11) is 1.51. The molecule has 0 spiro atoms. The number of hydrogen-bond acceptors (Lipinski definition) is 10. The molecule has 0 bridgehead atoms. The van der Waals surface area contributed by atoms with E-state index in [-0.39, 0.29) is 29.8 Å². The van der Waals surface area contributed by atoms with E-state index in [9.17, 15) is 25.0 Å². The Hall–Kier alpha value is -4.49. The number of thioether (sulfide) groups is 1. The molecule has 1 fully saturated rings. The smallest absolute Gasteiger partial charge is 0.318 e. The van der Waals surface area contributed by atoms with E-state index in [2.05, 4.69) is 0 Å². The van der Waals surface area contributed by atoms with Crippen LogP contribution in [-0.2, 0) is 4.79 Å². The van der Waals surface area contributed by atoms with Gasteiger partial charge in [0.1, 0.15) is 5.75 Å². The number of rotatable bonds is 9. The molecule has 1 aliphatic rings. The van der Waals surface area contributed by atoms with Crippen molar-refractivity contribution in [2.75, 3.05) is 18.6 Å². The molecule has 3 aromatic carbocycles. The van der Waals surface area contributed by atoms with Gasteiger partial charge in [0.15, 0.2) is 15.8 Å². The van der Waals surface area contributed by atoms with Crippen molar-refractivity contribution in [3.63, 3.8) is 0 Å². The predicted molar refractivity (Wildman–Crippen MR) is 146 cm³/mol. The maximum absolute atomic E-state index is 13.2. The number of methoxy groups -OCH3 is 1. The van der Waals surface area contributed by atoms with Crippen LogP contribution in [0.1, 0.15) is 12.5 Å². The van der Waals surface area contributed by atoms with Crippen LogP contribution in [0.2, 0.25) is 0 Å². The SMILES string of the molecule is CCOc1cc(/C=C2/SC(=S)N(c3ccccc3OC)C2=O)ccc1Oc1ccc([N+](=O)[O-])cc1[N+](=O)[O-]. The van der Waals surface area contributed by atoms with Gasteiger partial charge in [-0.15, -0.1) is 0 Å². The van der Waals surface area contributed by atoms with E-state index in [1.807, 2.05) is 0 Å². The van der Waals surface area contributed by atoms with Crippen molar-refractivity contribution in [3.05, 3.63) is 91.4 Å². The number of nitrogens with zero attached hydrogens (tertiary/aromatic N) is 3. The number of thiocarbonyl (C=S) groups is 1. The summed E-state index contributed by atoms with van der Waals surface area (Å²) in [5, 5.41) is 22.5. The Balaban J connectivity index is 1.65. The van der Waals surface area contributed by atoms with E-state index in [0.717, 1.165) is 30.0 Å². The first-order valence-corrected chi connectivity index (χ1v) is 12.2. The normalized spacial score (nSPS) is 14.1. The van der Waals surface area contributed by atoms with Gasteiger partial charge in [-0.1, -0.05) is 42.2 Å². The van der Waals surface area contributed by atoms with Crippen LogP contribution in [0.25, 0.3) is 6.08 Å². The van der Waals surface area contributed by atoms with Crippen LogP contribution in [0.5, 0.6) is 23.0 Å². The van der Waals surface area contributed by atoms with Gasteiger partial charge in [-0.2, -0.15) is 0 Å². The van der Waals surface area contributed by atoms with Gasteiger partial charge in [-0.25, -0.2) is 0 Å². The molecule has 0 saturated carbocycles. The van der Waals surface area contributed by atoms with Crippen molar-refractivity contribution in [1.82, 2.24) is 0 Å². The van der Waals surface area contributed by atoms with Crippen LogP contribution < -0.4 is 19.1 Å². The lowest BCUT2D eigenvalue weighted by Gasteiger charge is -2.17. The summed E-state index contributed by atoms with van der Waals surface area (Å²) < 4.78 is 17.1. The van der Waals surface area contributed by atoms with Crippen molar-refractivity contribution in [1.29, 1.82) is 0 Å². The van der Waals surface area contributed by atoms with Crippen LogP contribution in [0.3, 0.4) is 0 Å². The van der Waals surface area contributed by atoms with Crippen LogP contribution in [0, 0.1) is 20.2 Å². The first-order valence-electron chi connectivity index (χ1n) is 11.0. The van der Waals surface area contributed by atoms with Gasteiger partial charge in [0, 0.05) is 6.07 Å². The van der Waals surface area contributed by atoms with Gasteiger partial charge in [0.25, 0.3) is 11.6 Å². The number of anilines is 1. The quantitative estimate of drug-likeness (QED) is 0.132. The Bertz CT molecular complexity index is 1490. The zero-order chi connectivity index (χ0) is 27.4. The highest BCUT2D eigenvalue weighted by Crippen LogP contribution is 2.42. The number of benzene rings is 3. The Morgan fingerprint density at radius 3 is 2.39 bits per heavy atom. The van der Waals surface area contributed by atoms with E-state index in [1.54, 1.807) is 49.4 Å². The topological polar surface area (TPSA) is 134 Å².